The molecule has 4 heterocycles. The topological polar surface area (TPSA) is 90.4 Å². The number of azo groups is 1. The largest absolute Gasteiger partial charge is 1.00 e. The summed E-state index contributed by atoms with van der Waals surface area (Å²) in [5.74, 6) is 0.0636. The minimum absolute atomic E-state index is 0. The van der Waals surface area contributed by atoms with Gasteiger partial charge in [-0.05, 0) is 45.7 Å². The molecule has 0 radical (unpaired) electrons. The van der Waals surface area contributed by atoms with Gasteiger partial charge >= 0.3 is 5.91 Å². The Bertz CT molecular complexity index is 1390. The van der Waals surface area contributed by atoms with E-state index in [2.05, 4.69) is 56.7 Å². The summed E-state index contributed by atoms with van der Waals surface area (Å²) in [6.07, 6.45) is 0. The molecule has 3 fully saturated rings. The highest BCUT2D eigenvalue weighted by molar-refractivity contribution is 5.95. The summed E-state index contributed by atoms with van der Waals surface area (Å²) in [6.45, 7) is 19.3. The number of phenolic OH excluding ortho intramolecular Hbond substituents is 1. The Labute approximate surface area is 247 Å². The summed E-state index contributed by atoms with van der Waals surface area (Å²) in [6, 6.07) is 11.7. The Hall–Kier alpha value is -2.75. The number of benzene rings is 2. The molecule has 0 saturated carbocycles. The summed E-state index contributed by atoms with van der Waals surface area (Å²) in [7, 11) is 0. The fraction of sp³-hybridized carbons (Fsp3) is 0.516. The van der Waals surface area contributed by atoms with Gasteiger partial charge in [0.15, 0.2) is 12.2 Å². The number of aromatic nitrogens is 1. The number of hydrogen-bond acceptors (Lipinski definition) is 5. The van der Waals surface area contributed by atoms with Crippen LogP contribution in [-0.2, 0) is 22.2 Å². The number of phenols is 1. The molecule has 8 nitrogen and oxygen atoms in total. The van der Waals surface area contributed by atoms with Crippen LogP contribution in [0.4, 0.5) is 5.69 Å². The molecular formula is C31H42BrN5O3. The molecule has 1 aromatic heterocycles. The fourth-order valence-corrected chi connectivity index (χ4v) is 6.03. The molecule has 0 spiro atoms. The number of piperazine rings is 3. The average Bonchev–Trinajstić information content (AvgIpc) is 3.13. The molecule has 0 aliphatic carbocycles. The van der Waals surface area contributed by atoms with Crippen molar-refractivity contribution in [3.8, 4) is 11.6 Å². The maximum absolute atomic E-state index is 12.9. The number of halogens is 1. The summed E-state index contributed by atoms with van der Waals surface area (Å²) in [5, 5.41) is 31.6. The minimum atomic E-state index is -0.256. The fourth-order valence-electron chi connectivity index (χ4n) is 6.03. The normalized spacial score (nSPS) is 21.2. The predicted molar refractivity (Wildman–Crippen MR) is 154 cm³/mol. The third-order valence-electron chi connectivity index (χ3n) is 8.45. The summed E-state index contributed by atoms with van der Waals surface area (Å²) < 4.78 is 2.60. The second-order valence-electron chi connectivity index (χ2n) is 13.4. The molecule has 40 heavy (non-hydrogen) atoms. The number of rotatable bonds is 5. The zero-order valence-electron chi connectivity index (χ0n) is 24.5. The van der Waals surface area contributed by atoms with Crippen molar-refractivity contribution in [3.05, 3.63) is 53.1 Å². The van der Waals surface area contributed by atoms with Crippen molar-refractivity contribution in [1.29, 1.82) is 0 Å². The summed E-state index contributed by atoms with van der Waals surface area (Å²) >= 11 is 0. The van der Waals surface area contributed by atoms with Gasteiger partial charge in [0.05, 0.1) is 31.7 Å². The standard InChI is InChI=1S/C31H41N5O3.BrH/c1-30(2,3)23-17-21(18-24(28(23)38)31(4,5)6)19-35-25-10-8-7-9-22(25)27(29(35)39)33-32-26(37)20-36-14-11-34(12-15-36)13-16-36;/h7-10,17-18H,11-16,19-20H2,1-6H3,(H-,32,37,38,39);1H. The molecule has 6 rings (SSSR count). The Kier molecular flexibility index (Phi) is 8.24. The Morgan fingerprint density at radius 2 is 1.48 bits per heavy atom. The van der Waals surface area contributed by atoms with Gasteiger partial charge in [0.2, 0.25) is 5.88 Å². The second-order valence-corrected chi connectivity index (χ2v) is 13.4. The average molecular weight is 613 g/mol. The first kappa shape index (κ1) is 30.2. The van der Waals surface area contributed by atoms with E-state index in [1.165, 1.54) is 0 Å². The highest BCUT2D eigenvalue weighted by Crippen LogP contribution is 2.42. The molecule has 3 aromatic rings. The van der Waals surface area contributed by atoms with Crippen LogP contribution in [0.25, 0.3) is 10.9 Å². The minimum Gasteiger partial charge on any atom is -1.00 e. The molecule has 9 heteroatoms. The van der Waals surface area contributed by atoms with Crippen molar-refractivity contribution in [2.75, 3.05) is 45.8 Å². The van der Waals surface area contributed by atoms with Crippen molar-refractivity contribution in [3.63, 3.8) is 0 Å². The van der Waals surface area contributed by atoms with E-state index in [0.717, 1.165) is 71.3 Å². The zero-order valence-corrected chi connectivity index (χ0v) is 26.1. The second kappa shape index (κ2) is 10.9. The number of carbonyl (C=O) groups excluding carboxylic acids is 1. The van der Waals surface area contributed by atoms with Crippen LogP contribution in [0.3, 0.4) is 0 Å². The van der Waals surface area contributed by atoms with E-state index < -0.39 is 0 Å². The van der Waals surface area contributed by atoms with Crippen LogP contribution in [0.15, 0.2) is 46.6 Å². The number of aromatic hydroxyl groups is 2. The molecule has 2 aromatic carbocycles. The molecule has 0 unspecified atom stereocenters. The first-order valence-electron chi connectivity index (χ1n) is 14.0. The van der Waals surface area contributed by atoms with Gasteiger partial charge in [-0.3, -0.25) is 9.69 Å². The van der Waals surface area contributed by atoms with Gasteiger partial charge in [0.25, 0.3) is 0 Å². The van der Waals surface area contributed by atoms with E-state index in [1.807, 2.05) is 41.0 Å². The molecule has 1 amide bonds. The van der Waals surface area contributed by atoms with Crippen LogP contribution >= 0.6 is 0 Å². The van der Waals surface area contributed by atoms with Gasteiger partial charge in [-0.15, -0.1) is 10.2 Å². The lowest BCUT2D eigenvalue weighted by molar-refractivity contribution is -0.933. The molecular weight excluding hydrogens is 570 g/mol. The lowest BCUT2D eigenvalue weighted by Gasteiger charge is -2.49. The molecule has 2 bridgehead atoms. The van der Waals surface area contributed by atoms with Crippen molar-refractivity contribution < 1.29 is 36.5 Å². The van der Waals surface area contributed by atoms with Crippen LogP contribution in [0.5, 0.6) is 11.6 Å². The lowest BCUT2D eigenvalue weighted by atomic mass is 9.78. The summed E-state index contributed by atoms with van der Waals surface area (Å²) in [5.41, 5.74) is 3.33. The van der Waals surface area contributed by atoms with E-state index in [-0.39, 0.29) is 39.6 Å². The molecule has 3 aliphatic heterocycles. The highest BCUT2D eigenvalue weighted by atomic mass is 79.9. The highest BCUT2D eigenvalue weighted by Gasteiger charge is 2.40. The number of fused-ring (bicyclic) bond motifs is 4. The van der Waals surface area contributed by atoms with Gasteiger partial charge in [-0.1, -0.05) is 59.7 Å². The quantitative estimate of drug-likeness (QED) is 0.343. The van der Waals surface area contributed by atoms with E-state index >= 15 is 0 Å². The first-order valence-corrected chi connectivity index (χ1v) is 14.0. The molecule has 216 valence electrons. The van der Waals surface area contributed by atoms with Crippen molar-refractivity contribution in [2.24, 2.45) is 10.2 Å². The van der Waals surface area contributed by atoms with E-state index in [1.54, 1.807) is 0 Å². The van der Waals surface area contributed by atoms with Crippen LogP contribution in [0, 0.1) is 0 Å². The monoisotopic (exact) mass is 611 g/mol. The number of carbonyl (C=O) groups is 1. The van der Waals surface area contributed by atoms with Crippen molar-refractivity contribution in [2.45, 2.75) is 58.9 Å². The number of amides is 1. The van der Waals surface area contributed by atoms with E-state index in [0.29, 0.717) is 24.5 Å². The van der Waals surface area contributed by atoms with Crippen LogP contribution in [0.1, 0.15) is 58.2 Å². The predicted octanol–water partition coefficient (Wildman–Crippen LogP) is 2.46. The molecule has 0 atom stereocenters. The lowest BCUT2D eigenvalue weighted by Crippen LogP contribution is -3.00. The van der Waals surface area contributed by atoms with Crippen LogP contribution in [0.2, 0.25) is 0 Å². The molecule has 3 saturated heterocycles. The van der Waals surface area contributed by atoms with Crippen molar-refractivity contribution >= 4 is 22.5 Å². The number of para-hydroxylation sites is 1. The molecule has 3 aliphatic rings. The third kappa shape index (κ3) is 5.83. The van der Waals surface area contributed by atoms with Gasteiger partial charge < -0.3 is 36.2 Å². The number of hydrogen-bond donors (Lipinski definition) is 2. The molecule has 2 N–H and O–H groups in total. The van der Waals surface area contributed by atoms with E-state index in [9.17, 15) is 15.0 Å². The van der Waals surface area contributed by atoms with Crippen LogP contribution in [-0.4, -0.2) is 75.9 Å². The third-order valence-corrected chi connectivity index (χ3v) is 8.45. The van der Waals surface area contributed by atoms with E-state index in [4.69, 9.17) is 0 Å². The number of nitrogens with zero attached hydrogens (tertiary/aromatic N) is 5. The maximum Gasteiger partial charge on any atom is 0.319 e. The van der Waals surface area contributed by atoms with Gasteiger partial charge in [-0.25, -0.2) is 0 Å². The van der Waals surface area contributed by atoms with Crippen LogP contribution < -0.4 is 17.0 Å². The SMILES string of the molecule is CC(C)(C)c1cc(Cn2c(O)c(N=NC(=O)C[N+]34CCN(CC3)CC4)c3ccccc32)cc(C(C)(C)C)c1O.[Br-]. The summed E-state index contributed by atoms with van der Waals surface area (Å²) in [4.78, 5) is 15.4. The van der Waals surface area contributed by atoms with Gasteiger partial charge in [-0.2, -0.15) is 0 Å². The first-order chi connectivity index (χ1) is 18.3. The number of quaternary nitrogens is 1. The maximum atomic E-state index is 12.9. The van der Waals surface area contributed by atoms with Gasteiger partial charge in [0.1, 0.15) is 5.75 Å². The Morgan fingerprint density at radius 3 is 2.02 bits per heavy atom. The van der Waals surface area contributed by atoms with Gasteiger partial charge in [0, 0.05) is 25.0 Å². The van der Waals surface area contributed by atoms with Crippen molar-refractivity contribution in [1.82, 2.24) is 9.47 Å². The zero-order chi connectivity index (χ0) is 28.2. The Morgan fingerprint density at radius 1 is 0.925 bits per heavy atom. The Balaban J connectivity index is 0.00000370. The smallest absolute Gasteiger partial charge is 0.319 e.